The second-order valence-corrected chi connectivity index (χ2v) is 5.87. The maximum Gasteiger partial charge on any atom is 0.225 e. The lowest BCUT2D eigenvalue weighted by Crippen LogP contribution is -2.11. The molecule has 4 nitrogen and oxygen atoms in total. The van der Waals surface area contributed by atoms with Gasteiger partial charge in [0.2, 0.25) is 5.91 Å². The van der Waals surface area contributed by atoms with E-state index in [1.807, 2.05) is 19.1 Å². The zero-order valence-electron chi connectivity index (χ0n) is 10.7. The number of aromatic nitrogens is 2. The molecule has 0 saturated heterocycles. The normalized spacial score (nSPS) is 14.4. The Bertz CT molecular complexity index is 590. The molecule has 0 aliphatic heterocycles. The molecule has 2 heterocycles. The molecule has 1 N–H and O–H groups in total. The fourth-order valence-electron chi connectivity index (χ4n) is 1.89. The van der Waals surface area contributed by atoms with Crippen molar-refractivity contribution >= 4 is 22.2 Å². The topological polar surface area (TPSA) is 54.9 Å². The van der Waals surface area contributed by atoms with Gasteiger partial charge in [-0.15, -0.1) is 0 Å². The van der Waals surface area contributed by atoms with Gasteiger partial charge in [-0.05, 0) is 37.8 Å². The van der Waals surface area contributed by atoms with Crippen LogP contribution in [0.4, 0.5) is 5.00 Å². The van der Waals surface area contributed by atoms with E-state index in [4.69, 9.17) is 0 Å². The summed E-state index contributed by atoms with van der Waals surface area (Å²) < 4.78 is 0. The number of hydrogen-bond donors (Lipinski definition) is 1. The van der Waals surface area contributed by atoms with Gasteiger partial charge < -0.3 is 5.32 Å². The number of amides is 1. The third kappa shape index (κ3) is 2.98. The molecule has 1 amide bonds. The first-order chi connectivity index (χ1) is 9.22. The smallest absolute Gasteiger partial charge is 0.225 e. The molecule has 3 rings (SSSR count). The fraction of sp³-hybridized carbons (Fsp3) is 0.357. The first kappa shape index (κ1) is 12.3. The van der Waals surface area contributed by atoms with Crippen LogP contribution in [-0.2, 0) is 4.79 Å². The molecule has 5 heteroatoms. The number of thiazole rings is 1. The van der Waals surface area contributed by atoms with Gasteiger partial charge in [-0.2, -0.15) is 0 Å². The number of aryl methyl sites for hydroxylation is 1. The van der Waals surface area contributed by atoms with Crippen LogP contribution in [0, 0.1) is 12.8 Å². The summed E-state index contributed by atoms with van der Waals surface area (Å²) in [6.45, 7) is 1.92. The molecule has 0 atom stereocenters. The highest BCUT2D eigenvalue weighted by Crippen LogP contribution is 2.34. The number of hydrogen-bond acceptors (Lipinski definition) is 4. The van der Waals surface area contributed by atoms with E-state index in [1.165, 1.54) is 24.2 Å². The van der Waals surface area contributed by atoms with Crippen molar-refractivity contribution in [1.29, 1.82) is 0 Å². The highest BCUT2D eigenvalue weighted by Gasteiger charge is 2.25. The highest BCUT2D eigenvalue weighted by molar-refractivity contribution is 7.19. The van der Waals surface area contributed by atoms with Crippen LogP contribution in [0.1, 0.15) is 25.0 Å². The van der Waals surface area contributed by atoms with Crippen LogP contribution in [-0.4, -0.2) is 15.9 Å². The molecule has 98 valence electrons. The van der Waals surface area contributed by atoms with E-state index in [1.54, 1.807) is 12.4 Å². The van der Waals surface area contributed by atoms with E-state index in [9.17, 15) is 4.79 Å². The zero-order chi connectivity index (χ0) is 13.2. The van der Waals surface area contributed by atoms with E-state index in [-0.39, 0.29) is 5.91 Å². The van der Waals surface area contributed by atoms with Crippen LogP contribution < -0.4 is 5.32 Å². The minimum atomic E-state index is 0.104. The van der Waals surface area contributed by atoms with Crippen molar-refractivity contribution in [2.45, 2.75) is 26.2 Å². The SMILES string of the molecule is Cc1nc(-c2cccnc2)sc1NC(=O)CC1CC1. The summed E-state index contributed by atoms with van der Waals surface area (Å²) >= 11 is 1.51. The average molecular weight is 273 g/mol. The monoisotopic (exact) mass is 273 g/mol. The number of nitrogens with zero attached hydrogens (tertiary/aromatic N) is 2. The number of nitrogens with one attached hydrogen (secondary N) is 1. The molecule has 1 aliphatic rings. The Balaban J connectivity index is 1.75. The maximum absolute atomic E-state index is 11.8. The van der Waals surface area contributed by atoms with E-state index in [0.717, 1.165) is 21.3 Å². The molecule has 0 aromatic carbocycles. The maximum atomic E-state index is 11.8. The minimum absolute atomic E-state index is 0.104. The van der Waals surface area contributed by atoms with Crippen LogP contribution in [0.15, 0.2) is 24.5 Å². The number of carbonyl (C=O) groups is 1. The van der Waals surface area contributed by atoms with Gasteiger partial charge in [0.05, 0.1) is 5.69 Å². The lowest BCUT2D eigenvalue weighted by molar-refractivity contribution is -0.116. The van der Waals surface area contributed by atoms with Gasteiger partial charge in [0.1, 0.15) is 10.0 Å². The molecule has 0 spiro atoms. The minimum Gasteiger partial charge on any atom is -0.316 e. The van der Waals surface area contributed by atoms with Gasteiger partial charge in [0.25, 0.3) is 0 Å². The number of rotatable bonds is 4. The van der Waals surface area contributed by atoms with Gasteiger partial charge in [-0.1, -0.05) is 11.3 Å². The molecule has 0 bridgehead atoms. The third-order valence-electron chi connectivity index (χ3n) is 3.13. The lowest BCUT2D eigenvalue weighted by Gasteiger charge is -2.01. The summed E-state index contributed by atoms with van der Waals surface area (Å²) in [6.07, 6.45) is 6.54. The van der Waals surface area contributed by atoms with Crippen molar-refractivity contribution in [1.82, 2.24) is 9.97 Å². The van der Waals surface area contributed by atoms with Crippen molar-refractivity contribution in [3.8, 4) is 10.6 Å². The summed E-state index contributed by atoms with van der Waals surface area (Å²) in [6, 6.07) is 3.86. The molecule has 1 fully saturated rings. The van der Waals surface area contributed by atoms with Crippen LogP contribution in [0.3, 0.4) is 0 Å². The first-order valence-electron chi connectivity index (χ1n) is 6.40. The molecule has 0 unspecified atom stereocenters. The summed E-state index contributed by atoms with van der Waals surface area (Å²) in [4.78, 5) is 20.4. The molecule has 1 saturated carbocycles. The Morgan fingerprint density at radius 2 is 2.37 bits per heavy atom. The standard InChI is InChI=1S/C14H15N3OS/c1-9-13(17-12(18)7-10-4-5-10)19-14(16-9)11-3-2-6-15-8-11/h2-3,6,8,10H,4-5,7H2,1H3,(H,17,18). The van der Waals surface area contributed by atoms with Crippen LogP contribution in [0.25, 0.3) is 10.6 Å². The summed E-state index contributed by atoms with van der Waals surface area (Å²) in [5, 5.41) is 4.72. The Morgan fingerprint density at radius 3 is 3.05 bits per heavy atom. The van der Waals surface area contributed by atoms with Crippen molar-refractivity contribution in [3.05, 3.63) is 30.2 Å². The summed E-state index contributed by atoms with van der Waals surface area (Å²) in [7, 11) is 0. The lowest BCUT2D eigenvalue weighted by atomic mass is 10.3. The molecule has 19 heavy (non-hydrogen) atoms. The average Bonchev–Trinajstić information content (AvgIpc) is 3.14. The number of carbonyl (C=O) groups excluding carboxylic acids is 1. The van der Waals surface area contributed by atoms with E-state index < -0.39 is 0 Å². The Kier molecular flexibility index (Phi) is 3.29. The number of anilines is 1. The molecule has 2 aromatic heterocycles. The fourth-order valence-corrected chi connectivity index (χ4v) is 2.86. The molecule has 2 aromatic rings. The van der Waals surface area contributed by atoms with E-state index >= 15 is 0 Å². The highest BCUT2D eigenvalue weighted by atomic mass is 32.1. The Morgan fingerprint density at radius 1 is 1.53 bits per heavy atom. The zero-order valence-corrected chi connectivity index (χ0v) is 11.5. The van der Waals surface area contributed by atoms with Crippen LogP contribution in [0.5, 0.6) is 0 Å². The van der Waals surface area contributed by atoms with E-state index in [2.05, 4.69) is 15.3 Å². The first-order valence-corrected chi connectivity index (χ1v) is 7.21. The van der Waals surface area contributed by atoms with Gasteiger partial charge >= 0.3 is 0 Å². The van der Waals surface area contributed by atoms with Crippen molar-refractivity contribution < 1.29 is 4.79 Å². The predicted molar refractivity (Wildman–Crippen MR) is 76.1 cm³/mol. The second-order valence-electron chi connectivity index (χ2n) is 4.87. The summed E-state index contributed by atoms with van der Waals surface area (Å²) in [5.74, 6) is 0.706. The second kappa shape index (κ2) is 5.09. The van der Waals surface area contributed by atoms with Crippen LogP contribution in [0.2, 0.25) is 0 Å². The van der Waals surface area contributed by atoms with Gasteiger partial charge in [0.15, 0.2) is 0 Å². The van der Waals surface area contributed by atoms with Gasteiger partial charge in [0, 0.05) is 24.4 Å². The Hall–Kier alpha value is -1.75. The molecule has 0 radical (unpaired) electrons. The Labute approximate surface area is 115 Å². The third-order valence-corrected chi connectivity index (χ3v) is 4.25. The number of pyridine rings is 1. The van der Waals surface area contributed by atoms with Crippen molar-refractivity contribution in [2.24, 2.45) is 5.92 Å². The van der Waals surface area contributed by atoms with Gasteiger partial charge in [-0.3, -0.25) is 9.78 Å². The van der Waals surface area contributed by atoms with Gasteiger partial charge in [-0.25, -0.2) is 4.98 Å². The van der Waals surface area contributed by atoms with Crippen molar-refractivity contribution in [2.75, 3.05) is 5.32 Å². The van der Waals surface area contributed by atoms with Crippen LogP contribution >= 0.6 is 11.3 Å². The molecular weight excluding hydrogens is 258 g/mol. The molecular formula is C14H15N3OS. The van der Waals surface area contributed by atoms with Crippen molar-refractivity contribution in [3.63, 3.8) is 0 Å². The quantitative estimate of drug-likeness (QED) is 0.930. The largest absolute Gasteiger partial charge is 0.316 e. The molecule has 1 aliphatic carbocycles. The summed E-state index contributed by atoms with van der Waals surface area (Å²) in [5.41, 5.74) is 1.85. The van der Waals surface area contributed by atoms with E-state index in [0.29, 0.717) is 12.3 Å². The predicted octanol–water partition coefficient (Wildman–Crippen LogP) is 3.25.